The highest BCUT2D eigenvalue weighted by Crippen LogP contribution is 2.40. The predicted octanol–water partition coefficient (Wildman–Crippen LogP) is 9.30. The largest absolute Gasteiger partial charge is 0.396 e. The molecule has 0 saturated heterocycles. The Kier molecular flexibility index (Phi) is 12.1. The van der Waals surface area contributed by atoms with Crippen molar-refractivity contribution in [3.63, 3.8) is 0 Å². The minimum absolute atomic E-state index is 0.0164. The van der Waals surface area contributed by atoms with Gasteiger partial charge in [-0.1, -0.05) is 111 Å². The van der Waals surface area contributed by atoms with Crippen molar-refractivity contribution in [2.45, 2.75) is 133 Å². The second-order valence-electron chi connectivity index (χ2n) is 15.4. The molecule has 39 heavy (non-hydrogen) atoms. The van der Waals surface area contributed by atoms with E-state index in [1.165, 1.54) is 12.0 Å². The molecule has 0 aromatic heterocycles. The van der Waals surface area contributed by atoms with Crippen molar-refractivity contribution in [3.05, 3.63) is 46.6 Å². The number of allylic oxidation sites excluding steroid dienone is 8. The van der Waals surface area contributed by atoms with E-state index in [9.17, 15) is 15.0 Å². The van der Waals surface area contributed by atoms with Gasteiger partial charge in [-0.05, 0) is 85.7 Å². The molecule has 0 heterocycles. The van der Waals surface area contributed by atoms with E-state index in [4.69, 9.17) is 0 Å². The molecule has 222 valence electrons. The molecule has 1 unspecified atom stereocenters. The number of unbranched alkanes of at least 4 members (excludes halogenated alkanes) is 2. The Labute approximate surface area is 240 Å². The monoisotopic (exact) mass is 540 g/mol. The zero-order valence-corrected chi connectivity index (χ0v) is 26.9. The van der Waals surface area contributed by atoms with Crippen molar-refractivity contribution in [1.29, 1.82) is 0 Å². The molecule has 0 bridgehead atoms. The fourth-order valence-electron chi connectivity index (χ4n) is 6.20. The fourth-order valence-corrected chi connectivity index (χ4v) is 6.20. The summed E-state index contributed by atoms with van der Waals surface area (Å²) in [7, 11) is 0. The van der Waals surface area contributed by atoms with Gasteiger partial charge < -0.3 is 10.2 Å². The standard InChI is InChI=1S/C36H60O3/c1-27-28(15-10-12-19-33(2,3)25-37)21-35(6,7)22-29(27)17-14-18-31-24-36(8,9)23-30(32(31)39)16-11-13-20-34(4,5)26-38/h21-24,27,37-38H,10-20,25-26H2,1-9H3. The van der Waals surface area contributed by atoms with Crippen molar-refractivity contribution in [2.24, 2.45) is 27.6 Å². The summed E-state index contributed by atoms with van der Waals surface area (Å²) in [6, 6.07) is 0. The van der Waals surface area contributed by atoms with Crippen LogP contribution >= 0.6 is 0 Å². The van der Waals surface area contributed by atoms with Gasteiger partial charge in [0.25, 0.3) is 0 Å². The van der Waals surface area contributed by atoms with Gasteiger partial charge in [0.15, 0.2) is 5.78 Å². The number of hydrogen-bond acceptors (Lipinski definition) is 3. The Hall–Kier alpha value is -1.45. The van der Waals surface area contributed by atoms with E-state index in [1.807, 2.05) is 0 Å². The van der Waals surface area contributed by atoms with E-state index in [0.29, 0.717) is 5.92 Å². The van der Waals surface area contributed by atoms with Gasteiger partial charge in [-0.15, -0.1) is 0 Å². The van der Waals surface area contributed by atoms with Gasteiger partial charge in [-0.2, -0.15) is 0 Å². The number of hydrogen-bond donors (Lipinski definition) is 2. The smallest absolute Gasteiger partial charge is 0.184 e. The first-order chi connectivity index (χ1) is 18.0. The van der Waals surface area contributed by atoms with Crippen LogP contribution in [0.25, 0.3) is 0 Å². The Bertz CT molecular complexity index is 952. The van der Waals surface area contributed by atoms with E-state index in [-0.39, 0.29) is 40.7 Å². The summed E-state index contributed by atoms with van der Waals surface area (Å²) in [4.78, 5) is 13.4. The third-order valence-electron chi connectivity index (χ3n) is 8.79. The van der Waals surface area contributed by atoms with E-state index in [0.717, 1.165) is 75.4 Å². The van der Waals surface area contributed by atoms with E-state index in [1.54, 1.807) is 5.57 Å². The van der Waals surface area contributed by atoms with Gasteiger partial charge in [-0.3, -0.25) is 4.79 Å². The van der Waals surface area contributed by atoms with Crippen molar-refractivity contribution >= 4 is 5.78 Å². The summed E-state index contributed by atoms with van der Waals surface area (Å²) in [5, 5.41) is 19.1. The van der Waals surface area contributed by atoms with Gasteiger partial charge >= 0.3 is 0 Å². The molecule has 0 aromatic carbocycles. The van der Waals surface area contributed by atoms with Gasteiger partial charge in [-0.25, -0.2) is 0 Å². The third kappa shape index (κ3) is 11.2. The summed E-state index contributed by atoms with van der Waals surface area (Å²) in [5.74, 6) is 0.725. The van der Waals surface area contributed by atoms with Crippen molar-refractivity contribution in [2.75, 3.05) is 13.2 Å². The second kappa shape index (κ2) is 13.9. The van der Waals surface area contributed by atoms with Gasteiger partial charge in [0, 0.05) is 24.0 Å². The molecule has 2 N–H and O–H groups in total. The number of Topliss-reactive ketones (excluding diaryl/α,β-unsaturated/α-hetero) is 1. The maximum Gasteiger partial charge on any atom is 0.184 e. The topological polar surface area (TPSA) is 57.5 Å². The molecule has 2 aliphatic carbocycles. The van der Waals surface area contributed by atoms with Gasteiger partial charge in [0.2, 0.25) is 0 Å². The first kappa shape index (κ1) is 33.8. The highest BCUT2D eigenvalue weighted by molar-refractivity contribution is 6.09. The molecule has 0 amide bonds. The minimum atomic E-state index is -0.0805. The molecule has 3 nitrogen and oxygen atoms in total. The van der Waals surface area contributed by atoms with Gasteiger partial charge in [0.05, 0.1) is 0 Å². The first-order valence-corrected chi connectivity index (χ1v) is 15.6. The van der Waals surface area contributed by atoms with Crippen LogP contribution in [0.5, 0.6) is 0 Å². The average Bonchev–Trinajstić information content (AvgIpc) is 2.84. The second-order valence-corrected chi connectivity index (χ2v) is 15.4. The number of ketones is 1. The Morgan fingerprint density at radius 2 is 1.03 bits per heavy atom. The highest BCUT2D eigenvalue weighted by atomic mass is 16.3. The van der Waals surface area contributed by atoms with Crippen LogP contribution in [0.15, 0.2) is 46.6 Å². The highest BCUT2D eigenvalue weighted by Gasteiger charge is 2.28. The summed E-state index contributed by atoms with van der Waals surface area (Å²) in [5.41, 5.74) is 5.04. The Balaban J connectivity index is 1.93. The van der Waals surface area contributed by atoms with Crippen molar-refractivity contribution < 1.29 is 15.0 Å². The first-order valence-electron chi connectivity index (χ1n) is 15.6. The van der Waals surface area contributed by atoms with Crippen LogP contribution in [0.1, 0.15) is 133 Å². The number of carbonyl (C=O) groups excluding carboxylic acids is 1. The zero-order chi connectivity index (χ0) is 29.5. The molecule has 0 radical (unpaired) electrons. The normalized spacial score (nSPS) is 21.3. The molecule has 0 spiro atoms. The van der Waals surface area contributed by atoms with E-state index in [2.05, 4.69) is 86.6 Å². The number of carbonyl (C=O) groups is 1. The molecule has 0 aliphatic heterocycles. The lowest BCUT2D eigenvalue weighted by Crippen LogP contribution is -2.20. The Morgan fingerprint density at radius 3 is 1.49 bits per heavy atom. The quantitative estimate of drug-likeness (QED) is 0.151. The van der Waals surface area contributed by atoms with Crippen LogP contribution in [-0.4, -0.2) is 29.2 Å². The third-order valence-corrected chi connectivity index (χ3v) is 8.79. The molecule has 0 saturated carbocycles. The van der Waals surface area contributed by atoms with Crippen LogP contribution in [0.2, 0.25) is 0 Å². The number of aliphatic hydroxyl groups excluding tert-OH is 2. The van der Waals surface area contributed by atoms with Crippen LogP contribution in [0.4, 0.5) is 0 Å². The lowest BCUT2D eigenvalue weighted by Gasteiger charge is -2.32. The molecule has 2 rings (SSSR count). The van der Waals surface area contributed by atoms with E-state index < -0.39 is 0 Å². The molecular weight excluding hydrogens is 480 g/mol. The van der Waals surface area contributed by atoms with Crippen LogP contribution in [0.3, 0.4) is 0 Å². The SMILES string of the molecule is CC1C(CCCCC(C)(C)CO)=CC(C)(C)C=C1CCCC1=CC(C)(C)C=C(CCCCC(C)(C)CO)C1=O. The summed E-state index contributed by atoms with van der Waals surface area (Å²) in [6.07, 6.45) is 20.6. The average molecular weight is 541 g/mol. The van der Waals surface area contributed by atoms with E-state index >= 15 is 0 Å². The predicted molar refractivity (Wildman–Crippen MR) is 167 cm³/mol. The maximum absolute atomic E-state index is 13.4. The summed E-state index contributed by atoms with van der Waals surface area (Å²) < 4.78 is 0. The van der Waals surface area contributed by atoms with Crippen molar-refractivity contribution in [1.82, 2.24) is 0 Å². The number of aliphatic hydroxyl groups is 2. The van der Waals surface area contributed by atoms with Crippen LogP contribution in [-0.2, 0) is 4.79 Å². The lowest BCUT2D eigenvalue weighted by molar-refractivity contribution is -0.112. The minimum Gasteiger partial charge on any atom is -0.396 e. The summed E-state index contributed by atoms with van der Waals surface area (Å²) in [6.45, 7) is 20.3. The molecular formula is C36H60O3. The molecule has 3 heteroatoms. The lowest BCUT2D eigenvalue weighted by atomic mass is 9.73. The van der Waals surface area contributed by atoms with Crippen molar-refractivity contribution in [3.8, 4) is 0 Å². The van der Waals surface area contributed by atoms with Gasteiger partial charge in [0.1, 0.15) is 0 Å². The molecule has 0 aromatic rings. The fraction of sp³-hybridized carbons (Fsp3) is 0.750. The Morgan fingerprint density at radius 1 is 0.641 bits per heavy atom. The molecule has 1 atom stereocenters. The molecule has 0 fully saturated rings. The zero-order valence-electron chi connectivity index (χ0n) is 26.9. The van der Waals surface area contributed by atoms with Crippen LogP contribution in [0, 0.1) is 27.6 Å². The maximum atomic E-state index is 13.4. The summed E-state index contributed by atoms with van der Waals surface area (Å²) >= 11 is 0. The molecule has 2 aliphatic rings. The number of rotatable bonds is 16. The van der Waals surface area contributed by atoms with Crippen LogP contribution < -0.4 is 0 Å².